The smallest absolute Gasteiger partial charge is 0.326 e. The van der Waals surface area contributed by atoms with E-state index < -0.39 is 5.97 Å². The van der Waals surface area contributed by atoms with Gasteiger partial charge in [-0.05, 0) is 51.0 Å². The molecule has 1 aromatic carbocycles. The molecule has 4 aliphatic rings. The highest BCUT2D eigenvalue weighted by Crippen LogP contribution is 2.46. The molecule has 186 valence electrons. The second kappa shape index (κ2) is 10.4. The monoisotopic (exact) mass is 512 g/mol. The van der Waals surface area contributed by atoms with Crippen molar-refractivity contribution in [2.24, 2.45) is 5.92 Å². The molecule has 0 unspecified atom stereocenters. The zero-order valence-electron chi connectivity index (χ0n) is 20.2. The van der Waals surface area contributed by atoms with Crippen molar-refractivity contribution in [2.75, 3.05) is 6.54 Å². The van der Waals surface area contributed by atoms with E-state index >= 15 is 0 Å². The van der Waals surface area contributed by atoms with Gasteiger partial charge in [-0.1, -0.05) is 73.1 Å². The van der Waals surface area contributed by atoms with Crippen LogP contribution in [0.5, 0.6) is 0 Å². The molecule has 2 atom stereocenters. The number of benzene rings is 1. The molecule has 2 saturated heterocycles. The predicted molar refractivity (Wildman–Crippen MR) is 139 cm³/mol. The van der Waals surface area contributed by atoms with Crippen molar-refractivity contribution < 1.29 is 19.1 Å². The number of carbonyl (C=O) groups excluding carboxylic acids is 3. The SMILES string of the molecule is Cc1ccc(CN2C(=O)/C(=C3\SC(=S)N(CC(=O)OC4CCCCC4)C3=O)[C@H]3CCCC[C@H]32)cc1. The van der Waals surface area contributed by atoms with Gasteiger partial charge in [-0.25, -0.2) is 0 Å². The van der Waals surface area contributed by atoms with Gasteiger partial charge in [0.25, 0.3) is 11.8 Å². The summed E-state index contributed by atoms with van der Waals surface area (Å²) in [5.74, 6) is -0.781. The van der Waals surface area contributed by atoms with Crippen LogP contribution in [0.2, 0.25) is 0 Å². The van der Waals surface area contributed by atoms with E-state index in [1.807, 2.05) is 11.8 Å². The first-order valence-electron chi connectivity index (χ1n) is 12.8. The molecule has 4 fully saturated rings. The maximum atomic E-state index is 13.7. The standard InChI is InChI=1S/C27H32N2O4S2/c1-17-11-13-18(14-12-17)15-28-21-10-6-5-9-20(21)23(25(28)31)24-26(32)29(27(34)35-24)16-22(30)33-19-7-3-2-4-8-19/h11-14,19-21H,2-10,15-16H2,1H3/b24-23-/t20-,21+/m0/s1. The van der Waals surface area contributed by atoms with Crippen LogP contribution in [-0.2, 0) is 25.7 Å². The zero-order valence-corrected chi connectivity index (χ0v) is 21.8. The molecule has 0 bridgehead atoms. The molecule has 0 aromatic heterocycles. The van der Waals surface area contributed by atoms with E-state index in [0.717, 1.165) is 56.9 Å². The highest BCUT2D eigenvalue weighted by Gasteiger charge is 2.49. The van der Waals surface area contributed by atoms with Crippen molar-refractivity contribution in [3.05, 3.63) is 45.9 Å². The molecule has 0 radical (unpaired) electrons. The van der Waals surface area contributed by atoms with Crippen LogP contribution in [0.4, 0.5) is 0 Å². The van der Waals surface area contributed by atoms with Gasteiger partial charge in [0, 0.05) is 24.1 Å². The van der Waals surface area contributed by atoms with E-state index in [2.05, 4.69) is 24.3 Å². The van der Waals surface area contributed by atoms with Crippen molar-refractivity contribution in [2.45, 2.75) is 83.4 Å². The lowest BCUT2D eigenvalue weighted by atomic mass is 9.82. The Morgan fingerprint density at radius 2 is 1.69 bits per heavy atom. The molecule has 35 heavy (non-hydrogen) atoms. The number of aryl methyl sites for hydroxylation is 1. The van der Waals surface area contributed by atoms with Crippen LogP contribution in [0, 0.1) is 12.8 Å². The molecule has 2 amide bonds. The van der Waals surface area contributed by atoms with Crippen molar-refractivity contribution in [3.8, 4) is 0 Å². The van der Waals surface area contributed by atoms with Gasteiger partial charge in [0.1, 0.15) is 17.0 Å². The summed E-state index contributed by atoms with van der Waals surface area (Å²) in [6, 6.07) is 8.36. The molecule has 8 heteroatoms. The molecule has 0 spiro atoms. The Balaban J connectivity index is 1.35. The van der Waals surface area contributed by atoms with E-state index in [9.17, 15) is 14.4 Å². The van der Waals surface area contributed by atoms with Crippen molar-refractivity contribution >= 4 is 46.1 Å². The quantitative estimate of drug-likeness (QED) is 0.318. The van der Waals surface area contributed by atoms with E-state index in [0.29, 0.717) is 21.3 Å². The second-order valence-electron chi connectivity index (χ2n) is 10.1. The number of fused-ring (bicyclic) bond motifs is 1. The Labute approximate surface area is 216 Å². The van der Waals surface area contributed by atoms with Gasteiger partial charge in [-0.2, -0.15) is 0 Å². The second-order valence-corrected chi connectivity index (χ2v) is 11.8. The average molecular weight is 513 g/mol. The summed E-state index contributed by atoms with van der Waals surface area (Å²) in [7, 11) is 0. The van der Waals surface area contributed by atoms with Crippen molar-refractivity contribution in [1.82, 2.24) is 9.80 Å². The number of thiocarbonyl (C=S) groups is 1. The maximum Gasteiger partial charge on any atom is 0.326 e. The van der Waals surface area contributed by atoms with Gasteiger partial charge in [-0.15, -0.1) is 0 Å². The fraction of sp³-hybridized carbons (Fsp3) is 0.556. The van der Waals surface area contributed by atoms with Gasteiger partial charge in [0.2, 0.25) is 0 Å². The Kier molecular flexibility index (Phi) is 7.30. The molecule has 1 aromatic rings. The van der Waals surface area contributed by atoms with Gasteiger partial charge < -0.3 is 9.64 Å². The van der Waals surface area contributed by atoms with Crippen LogP contribution >= 0.6 is 24.0 Å². The lowest BCUT2D eigenvalue weighted by Gasteiger charge is -2.31. The number of rotatable bonds is 5. The topological polar surface area (TPSA) is 66.9 Å². The molecule has 2 aliphatic carbocycles. The molecular weight excluding hydrogens is 480 g/mol. The first-order chi connectivity index (χ1) is 16.9. The summed E-state index contributed by atoms with van der Waals surface area (Å²) < 4.78 is 5.95. The molecule has 2 saturated carbocycles. The number of hydrogen-bond donors (Lipinski definition) is 0. The lowest BCUT2D eigenvalue weighted by molar-refractivity contribution is -0.152. The van der Waals surface area contributed by atoms with Gasteiger partial charge >= 0.3 is 5.97 Å². The Morgan fingerprint density at radius 3 is 2.43 bits per heavy atom. The summed E-state index contributed by atoms with van der Waals surface area (Å²) in [6.45, 7) is 2.40. The minimum Gasteiger partial charge on any atom is -0.461 e. The van der Waals surface area contributed by atoms with E-state index in [4.69, 9.17) is 17.0 Å². The number of amides is 2. The Bertz CT molecular complexity index is 1060. The van der Waals surface area contributed by atoms with Gasteiger partial charge in [0.05, 0.1) is 4.91 Å². The summed E-state index contributed by atoms with van der Waals surface area (Å²) in [4.78, 5) is 43.4. The molecule has 0 N–H and O–H groups in total. The fourth-order valence-corrected chi connectivity index (χ4v) is 7.24. The van der Waals surface area contributed by atoms with Crippen molar-refractivity contribution in [3.63, 3.8) is 0 Å². The van der Waals surface area contributed by atoms with Crippen LogP contribution in [0.3, 0.4) is 0 Å². The van der Waals surface area contributed by atoms with Crippen LogP contribution in [0.1, 0.15) is 68.9 Å². The highest BCUT2D eigenvalue weighted by atomic mass is 32.2. The largest absolute Gasteiger partial charge is 0.461 e. The summed E-state index contributed by atoms with van der Waals surface area (Å²) in [5.41, 5.74) is 2.87. The fourth-order valence-electron chi connectivity index (χ4n) is 5.86. The summed E-state index contributed by atoms with van der Waals surface area (Å²) in [6.07, 6.45) is 8.96. The first-order valence-corrected chi connectivity index (χ1v) is 14.0. The van der Waals surface area contributed by atoms with Gasteiger partial charge in [-0.3, -0.25) is 19.3 Å². The van der Waals surface area contributed by atoms with Crippen LogP contribution in [-0.4, -0.2) is 50.6 Å². The molecular formula is C27H32N2O4S2. The van der Waals surface area contributed by atoms with E-state index in [1.165, 1.54) is 28.6 Å². The first kappa shape index (κ1) is 24.5. The molecule has 5 rings (SSSR count). The molecule has 2 aliphatic heterocycles. The number of carbonyl (C=O) groups is 3. The van der Waals surface area contributed by atoms with Crippen LogP contribution in [0.15, 0.2) is 34.7 Å². The van der Waals surface area contributed by atoms with Crippen molar-refractivity contribution in [1.29, 1.82) is 0 Å². The highest BCUT2D eigenvalue weighted by molar-refractivity contribution is 8.26. The normalized spacial score (nSPS) is 27.5. The Morgan fingerprint density at radius 1 is 1.00 bits per heavy atom. The maximum absolute atomic E-state index is 13.7. The number of hydrogen-bond acceptors (Lipinski definition) is 6. The lowest BCUT2D eigenvalue weighted by Crippen LogP contribution is -2.36. The summed E-state index contributed by atoms with van der Waals surface area (Å²) >= 11 is 6.66. The average Bonchev–Trinajstić information content (AvgIpc) is 3.28. The third kappa shape index (κ3) is 5.05. The molecule has 6 nitrogen and oxygen atoms in total. The third-order valence-corrected chi connectivity index (χ3v) is 9.16. The number of nitrogens with zero attached hydrogens (tertiary/aromatic N) is 2. The number of thioether (sulfide) groups is 1. The van der Waals surface area contributed by atoms with E-state index in [1.54, 1.807) is 0 Å². The van der Waals surface area contributed by atoms with Gasteiger partial charge in [0.15, 0.2) is 0 Å². The minimum atomic E-state index is -0.422. The van der Waals surface area contributed by atoms with Crippen LogP contribution < -0.4 is 0 Å². The third-order valence-electron chi connectivity index (χ3n) is 7.70. The summed E-state index contributed by atoms with van der Waals surface area (Å²) in [5, 5.41) is 0. The number of esters is 1. The number of ether oxygens (including phenoxy) is 1. The predicted octanol–water partition coefficient (Wildman–Crippen LogP) is 4.89. The Hall–Kier alpha value is -2.19. The molecule has 2 heterocycles. The van der Waals surface area contributed by atoms with E-state index in [-0.39, 0.29) is 36.4 Å². The minimum absolute atomic E-state index is 0.0325. The number of likely N-dealkylation sites (tertiary alicyclic amines) is 1. The zero-order chi connectivity index (χ0) is 24.5. The van der Waals surface area contributed by atoms with Crippen LogP contribution in [0.25, 0.3) is 0 Å².